The van der Waals surface area contributed by atoms with Gasteiger partial charge in [-0.25, -0.2) is 0 Å². The van der Waals surface area contributed by atoms with Crippen molar-refractivity contribution in [1.29, 1.82) is 0 Å². The number of amides is 1. The fourth-order valence-corrected chi connectivity index (χ4v) is 2.66. The molecule has 0 aliphatic rings. The van der Waals surface area contributed by atoms with Gasteiger partial charge in [-0.3, -0.25) is 4.79 Å². The Morgan fingerprint density at radius 1 is 1.15 bits per heavy atom. The van der Waals surface area contributed by atoms with Crippen LogP contribution in [0.5, 0.6) is 17.4 Å². The molecule has 3 aromatic rings. The van der Waals surface area contributed by atoms with Gasteiger partial charge < -0.3 is 24.0 Å². The van der Waals surface area contributed by atoms with E-state index in [9.17, 15) is 9.90 Å². The van der Waals surface area contributed by atoms with Gasteiger partial charge in [0, 0.05) is 24.7 Å². The second kappa shape index (κ2) is 7.77. The van der Waals surface area contributed by atoms with Gasteiger partial charge in [0.2, 0.25) is 5.69 Å². The summed E-state index contributed by atoms with van der Waals surface area (Å²) < 4.78 is 16.6. The molecule has 0 fully saturated rings. The van der Waals surface area contributed by atoms with Crippen LogP contribution >= 0.6 is 0 Å². The summed E-state index contributed by atoms with van der Waals surface area (Å²) in [6, 6.07) is 14.0. The van der Waals surface area contributed by atoms with Crippen LogP contribution in [0.25, 0.3) is 5.69 Å². The molecule has 27 heavy (non-hydrogen) atoms. The van der Waals surface area contributed by atoms with Crippen LogP contribution in [0.4, 0.5) is 0 Å². The first-order valence-electron chi connectivity index (χ1n) is 8.16. The monoisotopic (exact) mass is 369 g/mol. The normalized spacial score (nSPS) is 10.5. The summed E-state index contributed by atoms with van der Waals surface area (Å²) in [6.45, 7) is 0.0321. The number of methoxy groups -OCH3 is 2. The van der Waals surface area contributed by atoms with Gasteiger partial charge in [-0.05, 0) is 22.9 Å². The second-order valence-corrected chi connectivity index (χ2v) is 5.79. The Balaban J connectivity index is 1.85. The van der Waals surface area contributed by atoms with Gasteiger partial charge >= 0.3 is 0 Å². The van der Waals surface area contributed by atoms with Gasteiger partial charge in [0.15, 0.2) is 17.4 Å². The fourth-order valence-electron chi connectivity index (χ4n) is 2.66. The molecule has 0 aliphatic carbocycles. The Kier molecular flexibility index (Phi) is 5.25. The molecule has 1 amide bonds. The van der Waals surface area contributed by atoms with E-state index >= 15 is 0 Å². The summed E-state index contributed by atoms with van der Waals surface area (Å²) in [6.07, 6.45) is 0. The van der Waals surface area contributed by atoms with Crippen molar-refractivity contribution in [2.45, 2.75) is 6.54 Å². The Hall–Kier alpha value is -3.55. The predicted molar refractivity (Wildman–Crippen MR) is 92.8 cm³/mol. The molecular weight excluding hydrogens is 350 g/mol. The standard InChI is InChI=1S/C19H19N3O5/c1-21(18(23)13-9-10-16(25-2)17(11-13)26-3)12-15-19(24)27-20-22(15)14-7-5-4-6-8-14/h4-11H,12H2,1-3H3. The number of aromatic nitrogens is 2. The third kappa shape index (κ3) is 3.69. The van der Waals surface area contributed by atoms with Crippen molar-refractivity contribution in [1.82, 2.24) is 10.2 Å². The SMILES string of the molecule is COc1ccc(C(=O)N(C)Cc2c([O-])on[n+]2-c2ccccc2)cc1OC. The molecule has 0 atom stereocenters. The molecule has 0 saturated carbocycles. The molecule has 0 spiro atoms. The lowest BCUT2D eigenvalue weighted by Gasteiger charge is -2.16. The van der Waals surface area contributed by atoms with Crippen LogP contribution in [0, 0.1) is 0 Å². The van der Waals surface area contributed by atoms with Gasteiger partial charge in [-0.15, -0.1) is 0 Å². The molecule has 140 valence electrons. The molecule has 0 unspecified atom stereocenters. The largest absolute Gasteiger partial charge is 0.539 e. The minimum absolute atomic E-state index is 0.0321. The van der Waals surface area contributed by atoms with Gasteiger partial charge in [0.25, 0.3) is 11.6 Å². The van der Waals surface area contributed by atoms with Crippen molar-refractivity contribution in [3.05, 3.63) is 59.8 Å². The van der Waals surface area contributed by atoms with Gasteiger partial charge in [0.05, 0.1) is 19.5 Å². The van der Waals surface area contributed by atoms with Crippen molar-refractivity contribution in [2.75, 3.05) is 21.3 Å². The maximum absolute atomic E-state index is 12.8. The lowest BCUT2D eigenvalue weighted by Crippen LogP contribution is -2.40. The maximum atomic E-state index is 12.8. The first-order valence-corrected chi connectivity index (χ1v) is 8.16. The van der Waals surface area contributed by atoms with E-state index in [0.717, 1.165) is 0 Å². The van der Waals surface area contributed by atoms with Crippen LogP contribution in [-0.4, -0.2) is 37.3 Å². The van der Waals surface area contributed by atoms with Crippen LogP contribution in [0.2, 0.25) is 0 Å². The molecule has 0 saturated heterocycles. The lowest BCUT2D eigenvalue weighted by atomic mass is 10.1. The first kappa shape index (κ1) is 18.2. The smallest absolute Gasteiger partial charge is 0.259 e. The first-order chi connectivity index (χ1) is 13.0. The van der Waals surface area contributed by atoms with Crippen molar-refractivity contribution in [3.63, 3.8) is 0 Å². The highest BCUT2D eigenvalue weighted by atomic mass is 16.6. The molecule has 8 nitrogen and oxygen atoms in total. The van der Waals surface area contributed by atoms with E-state index in [1.54, 1.807) is 37.4 Å². The molecule has 0 aliphatic heterocycles. The van der Waals surface area contributed by atoms with Crippen LogP contribution in [-0.2, 0) is 6.54 Å². The fraction of sp³-hybridized carbons (Fsp3) is 0.211. The summed E-state index contributed by atoms with van der Waals surface area (Å²) in [7, 11) is 4.62. The van der Waals surface area contributed by atoms with E-state index in [4.69, 9.17) is 14.0 Å². The number of nitrogens with zero attached hydrogens (tertiary/aromatic N) is 3. The van der Waals surface area contributed by atoms with E-state index in [1.807, 2.05) is 18.2 Å². The Labute approximate surface area is 156 Å². The average molecular weight is 369 g/mol. The van der Waals surface area contributed by atoms with E-state index in [0.29, 0.717) is 22.7 Å². The van der Waals surface area contributed by atoms with Crippen molar-refractivity contribution in [2.24, 2.45) is 0 Å². The number of para-hydroxylation sites is 1. The molecule has 1 aromatic heterocycles. The molecular formula is C19H19N3O5. The van der Waals surface area contributed by atoms with Crippen LogP contribution < -0.4 is 19.3 Å². The summed E-state index contributed by atoms with van der Waals surface area (Å²) in [4.78, 5) is 14.2. The number of ether oxygens (including phenoxy) is 2. The maximum Gasteiger partial charge on any atom is 0.259 e. The van der Waals surface area contributed by atoms with Crippen molar-refractivity contribution >= 4 is 5.91 Å². The average Bonchev–Trinajstić information content (AvgIpc) is 3.07. The number of hydrogen-bond donors (Lipinski definition) is 0. The third-order valence-corrected chi connectivity index (χ3v) is 4.06. The van der Waals surface area contributed by atoms with E-state index in [-0.39, 0.29) is 18.1 Å². The minimum atomic E-state index is -0.592. The van der Waals surface area contributed by atoms with E-state index in [1.165, 1.54) is 23.8 Å². The van der Waals surface area contributed by atoms with Gasteiger partial charge in [0.1, 0.15) is 6.54 Å². The number of carbonyl (C=O) groups excluding carboxylic acids is 1. The quantitative estimate of drug-likeness (QED) is 0.609. The Bertz CT molecular complexity index is 940. The number of carbonyl (C=O) groups is 1. The number of benzene rings is 2. The summed E-state index contributed by atoms with van der Waals surface area (Å²) in [5.74, 6) is 0.104. The Morgan fingerprint density at radius 2 is 1.85 bits per heavy atom. The summed E-state index contributed by atoms with van der Waals surface area (Å²) >= 11 is 0. The van der Waals surface area contributed by atoms with Crippen LogP contribution in [0.15, 0.2) is 53.1 Å². The van der Waals surface area contributed by atoms with Crippen LogP contribution in [0.3, 0.4) is 0 Å². The molecule has 1 heterocycles. The van der Waals surface area contributed by atoms with Gasteiger partial charge in [-0.1, -0.05) is 18.2 Å². The van der Waals surface area contributed by atoms with Crippen molar-refractivity contribution in [3.8, 4) is 23.1 Å². The predicted octanol–water partition coefficient (Wildman–Crippen LogP) is 1.31. The molecule has 3 rings (SSSR count). The van der Waals surface area contributed by atoms with Crippen molar-refractivity contribution < 1.29 is 28.6 Å². The topological polar surface area (TPSA) is 91.7 Å². The van der Waals surface area contributed by atoms with E-state index in [2.05, 4.69) is 5.27 Å². The zero-order chi connectivity index (χ0) is 19.4. The lowest BCUT2D eigenvalue weighted by molar-refractivity contribution is -0.678. The minimum Gasteiger partial charge on any atom is -0.539 e. The highest BCUT2D eigenvalue weighted by Crippen LogP contribution is 2.28. The number of hydrogen-bond acceptors (Lipinski definition) is 6. The molecule has 2 aromatic carbocycles. The molecule has 0 N–H and O–H groups in total. The summed E-state index contributed by atoms with van der Waals surface area (Å²) in [5, 5.41) is 15.8. The molecule has 0 bridgehead atoms. The molecule has 0 radical (unpaired) electrons. The van der Waals surface area contributed by atoms with E-state index < -0.39 is 5.95 Å². The third-order valence-electron chi connectivity index (χ3n) is 4.06. The second-order valence-electron chi connectivity index (χ2n) is 5.79. The highest BCUT2D eigenvalue weighted by molar-refractivity contribution is 5.94. The van der Waals surface area contributed by atoms with Crippen LogP contribution in [0.1, 0.15) is 16.1 Å². The molecule has 8 heteroatoms. The summed E-state index contributed by atoms with van der Waals surface area (Å²) in [5.41, 5.74) is 1.33. The van der Waals surface area contributed by atoms with Gasteiger partial charge in [-0.2, -0.15) is 0 Å². The number of rotatable bonds is 6. The Morgan fingerprint density at radius 3 is 2.52 bits per heavy atom. The zero-order valence-corrected chi connectivity index (χ0v) is 15.2. The zero-order valence-electron chi connectivity index (χ0n) is 15.2. The highest BCUT2D eigenvalue weighted by Gasteiger charge is 2.24.